The molecular weight excluding hydrogens is 242 g/mol. The lowest BCUT2D eigenvalue weighted by Crippen LogP contribution is -2.00. The van der Waals surface area contributed by atoms with Crippen LogP contribution in [-0.2, 0) is 0 Å². The van der Waals surface area contributed by atoms with Crippen LogP contribution in [0.4, 0.5) is 5.69 Å². The van der Waals surface area contributed by atoms with Crippen molar-refractivity contribution in [1.29, 1.82) is 0 Å². The molecule has 0 unspecified atom stereocenters. The average Bonchev–Trinajstić information content (AvgIpc) is 2.39. The lowest BCUT2D eigenvalue weighted by Gasteiger charge is -2.09. The van der Waals surface area contributed by atoms with Crippen molar-refractivity contribution in [3.8, 4) is 16.9 Å². The number of hydrogen-bond donors (Lipinski definition) is 2. The van der Waals surface area contributed by atoms with Crippen LogP contribution < -0.4 is 10.5 Å². The number of carbonyl (C=O) groups is 1. The van der Waals surface area contributed by atoms with Crippen molar-refractivity contribution in [3.63, 3.8) is 0 Å². The van der Waals surface area contributed by atoms with Gasteiger partial charge in [-0.2, -0.15) is 0 Å². The number of carboxylic acids is 1. The van der Waals surface area contributed by atoms with Gasteiger partial charge in [-0.15, -0.1) is 0 Å². The van der Waals surface area contributed by atoms with E-state index in [-0.39, 0.29) is 5.56 Å². The molecule has 0 saturated heterocycles. The Kier molecular flexibility index (Phi) is 3.71. The molecule has 19 heavy (non-hydrogen) atoms. The molecule has 0 aliphatic rings. The van der Waals surface area contributed by atoms with Crippen LogP contribution in [0.1, 0.15) is 17.3 Å². The first-order valence-electron chi connectivity index (χ1n) is 5.98. The van der Waals surface area contributed by atoms with E-state index in [1.165, 1.54) is 6.07 Å². The van der Waals surface area contributed by atoms with E-state index in [2.05, 4.69) is 0 Å². The van der Waals surface area contributed by atoms with Gasteiger partial charge in [-0.25, -0.2) is 4.79 Å². The Morgan fingerprint density at radius 3 is 2.47 bits per heavy atom. The second-order valence-corrected chi connectivity index (χ2v) is 4.07. The van der Waals surface area contributed by atoms with Gasteiger partial charge in [0.1, 0.15) is 5.75 Å². The summed E-state index contributed by atoms with van der Waals surface area (Å²) in [5.74, 6) is -0.212. The normalized spacial score (nSPS) is 10.2. The number of nitrogens with two attached hydrogens (primary N) is 1. The Morgan fingerprint density at radius 1 is 1.21 bits per heavy atom. The van der Waals surface area contributed by atoms with Crippen molar-refractivity contribution >= 4 is 11.7 Å². The maximum Gasteiger partial charge on any atom is 0.336 e. The molecule has 0 aromatic heterocycles. The van der Waals surface area contributed by atoms with Gasteiger partial charge in [-0.3, -0.25) is 0 Å². The van der Waals surface area contributed by atoms with Gasteiger partial charge in [-0.1, -0.05) is 12.1 Å². The number of rotatable bonds is 4. The van der Waals surface area contributed by atoms with Gasteiger partial charge in [0.05, 0.1) is 12.2 Å². The van der Waals surface area contributed by atoms with Crippen molar-refractivity contribution in [2.45, 2.75) is 6.92 Å². The quantitative estimate of drug-likeness (QED) is 0.826. The molecule has 3 N–H and O–H groups in total. The Balaban J connectivity index is 2.45. The van der Waals surface area contributed by atoms with Crippen molar-refractivity contribution < 1.29 is 14.6 Å². The average molecular weight is 257 g/mol. The van der Waals surface area contributed by atoms with Crippen LogP contribution in [0.2, 0.25) is 0 Å². The van der Waals surface area contributed by atoms with Crippen LogP contribution in [0.25, 0.3) is 11.1 Å². The highest BCUT2D eigenvalue weighted by Gasteiger charge is 2.11. The summed E-state index contributed by atoms with van der Waals surface area (Å²) in [5.41, 5.74) is 7.90. The SMILES string of the molecule is CCOc1ccc(-c2cc(N)ccc2C(=O)O)cc1. The third-order valence-corrected chi connectivity index (χ3v) is 2.75. The van der Waals surface area contributed by atoms with Gasteiger partial charge in [-0.05, 0) is 48.4 Å². The summed E-state index contributed by atoms with van der Waals surface area (Å²) in [6, 6.07) is 12.0. The molecular formula is C15H15NO3. The molecule has 98 valence electrons. The van der Waals surface area contributed by atoms with E-state index >= 15 is 0 Å². The van der Waals surface area contributed by atoms with Gasteiger partial charge in [0.15, 0.2) is 0 Å². The summed E-state index contributed by atoms with van der Waals surface area (Å²) < 4.78 is 5.36. The lowest BCUT2D eigenvalue weighted by molar-refractivity contribution is 0.0698. The molecule has 4 nitrogen and oxygen atoms in total. The van der Waals surface area contributed by atoms with Gasteiger partial charge in [0.2, 0.25) is 0 Å². The molecule has 0 aliphatic heterocycles. The smallest absolute Gasteiger partial charge is 0.336 e. The maximum atomic E-state index is 11.2. The van der Waals surface area contributed by atoms with Crippen molar-refractivity contribution in [1.82, 2.24) is 0 Å². The minimum Gasteiger partial charge on any atom is -0.494 e. The fraction of sp³-hybridized carbons (Fsp3) is 0.133. The van der Waals surface area contributed by atoms with Gasteiger partial charge in [0.25, 0.3) is 0 Å². The van der Waals surface area contributed by atoms with E-state index in [1.54, 1.807) is 12.1 Å². The van der Waals surface area contributed by atoms with Crippen LogP contribution in [-0.4, -0.2) is 17.7 Å². The predicted octanol–water partition coefficient (Wildman–Crippen LogP) is 3.03. The van der Waals surface area contributed by atoms with E-state index in [0.29, 0.717) is 17.9 Å². The van der Waals surface area contributed by atoms with Crippen LogP contribution in [0.5, 0.6) is 5.75 Å². The largest absolute Gasteiger partial charge is 0.494 e. The molecule has 0 aliphatic carbocycles. The number of anilines is 1. The lowest BCUT2D eigenvalue weighted by atomic mass is 9.99. The Bertz CT molecular complexity index is 591. The highest BCUT2D eigenvalue weighted by molar-refractivity contribution is 5.96. The second-order valence-electron chi connectivity index (χ2n) is 4.07. The topological polar surface area (TPSA) is 72.5 Å². The summed E-state index contributed by atoms with van der Waals surface area (Å²) in [7, 11) is 0. The van der Waals surface area contributed by atoms with Crippen molar-refractivity contribution in [2.24, 2.45) is 0 Å². The molecule has 2 rings (SSSR count). The van der Waals surface area contributed by atoms with E-state index < -0.39 is 5.97 Å². The number of ether oxygens (including phenoxy) is 1. The third-order valence-electron chi connectivity index (χ3n) is 2.75. The van der Waals surface area contributed by atoms with Crippen LogP contribution in [0.15, 0.2) is 42.5 Å². The van der Waals surface area contributed by atoms with Crippen LogP contribution >= 0.6 is 0 Å². The third kappa shape index (κ3) is 2.85. The minimum atomic E-state index is -0.969. The van der Waals surface area contributed by atoms with E-state index in [0.717, 1.165) is 11.3 Å². The predicted molar refractivity (Wildman–Crippen MR) is 74.4 cm³/mol. The number of nitrogen functional groups attached to an aromatic ring is 1. The summed E-state index contributed by atoms with van der Waals surface area (Å²) in [6.07, 6.45) is 0. The molecule has 0 radical (unpaired) electrons. The zero-order valence-corrected chi connectivity index (χ0v) is 10.6. The Morgan fingerprint density at radius 2 is 1.89 bits per heavy atom. The molecule has 0 bridgehead atoms. The van der Waals surface area contributed by atoms with E-state index in [4.69, 9.17) is 10.5 Å². The maximum absolute atomic E-state index is 11.2. The first kappa shape index (κ1) is 13.0. The molecule has 0 heterocycles. The van der Waals surface area contributed by atoms with E-state index in [9.17, 15) is 9.90 Å². The van der Waals surface area contributed by atoms with E-state index in [1.807, 2.05) is 31.2 Å². The number of aromatic carboxylic acids is 1. The minimum absolute atomic E-state index is 0.235. The van der Waals surface area contributed by atoms with Crippen molar-refractivity contribution in [3.05, 3.63) is 48.0 Å². The monoisotopic (exact) mass is 257 g/mol. The van der Waals surface area contributed by atoms with Gasteiger partial charge in [0, 0.05) is 5.69 Å². The highest BCUT2D eigenvalue weighted by atomic mass is 16.5. The number of carboxylic acid groups (broad SMARTS) is 1. The highest BCUT2D eigenvalue weighted by Crippen LogP contribution is 2.27. The Labute approximate surface area is 111 Å². The second kappa shape index (κ2) is 5.44. The molecule has 0 spiro atoms. The standard InChI is InChI=1S/C15H15NO3/c1-2-19-12-6-3-10(4-7-12)14-9-11(16)5-8-13(14)15(17)18/h3-9H,2,16H2,1H3,(H,17,18). The molecule has 4 heteroatoms. The molecule has 0 saturated carbocycles. The van der Waals surface area contributed by atoms with Gasteiger partial charge < -0.3 is 15.6 Å². The Hall–Kier alpha value is -2.49. The summed E-state index contributed by atoms with van der Waals surface area (Å²) in [5, 5.41) is 9.19. The summed E-state index contributed by atoms with van der Waals surface area (Å²) >= 11 is 0. The van der Waals surface area contributed by atoms with Crippen molar-refractivity contribution in [2.75, 3.05) is 12.3 Å². The molecule has 0 atom stereocenters. The fourth-order valence-electron chi connectivity index (χ4n) is 1.88. The zero-order valence-electron chi connectivity index (χ0n) is 10.6. The molecule has 2 aromatic carbocycles. The first-order valence-corrected chi connectivity index (χ1v) is 5.98. The summed E-state index contributed by atoms with van der Waals surface area (Å²) in [6.45, 7) is 2.51. The number of benzene rings is 2. The molecule has 0 amide bonds. The van der Waals surface area contributed by atoms with Gasteiger partial charge >= 0.3 is 5.97 Å². The first-order chi connectivity index (χ1) is 9.11. The van der Waals surface area contributed by atoms with Crippen LogP contribution in [0, 0.1) is 0 Å². The summed E-state index contributed by atoms with van der Waals surface area (Å²) in [4.78, 5) is 11.2. The van der Waals surface area contributed by atoms with Crippen LogP contribution in [0.3, 0.4) is 0 Å². The molecule has 2 aromatic rings. The number of hydrogen-bond acceptors (Lipinski definition) is 3. The fourth-order valence-corrected chi connectivity index (χ4v) is 1.88. The molecule has 0 fully saturated rings. The zero-order chi connectivity index (χ0) is 13.8.